The first kappa shape index (κ1) is 14.2. The minimum absolute atomic E-state index is 0.856. The van der Waals surface area contributed by atoms with Crippen LogP contribution in [0.1, 0.15) is 0 Å². The van der Waals surface area contributed by atoms with E-state index in [2.05, 4.69) is 50.5 Å². The summed E-state index contributed by atoms with van der Waals surface area (Å²) in [5.74, 6) is 0. The predicted octanol–water partition coefficient (Wildman–Crippen LogP) is 5.67. The van der Waals surface area contributed by atoms with E-state index in [9.17, 15) is 0 Å². The second kappa shape index (κ2) is 5.27. The molecule has 26 heavy (non-hydrogen) atoms. The third-order valence-corrected chi connectivity index (χ3v) is 6.74. The number of fused-ring (bicyclic) bond motifs is 6. The van der Waals surface area contributed by atoms with Gasteiger partial charge in [0, 0.05) is 44.3 Å². The van der Waals surface area contributed by atoms with Gasteiger partial charge in [0.05, 0.1) is 20.6 Å². The highest BCUT2D eigenvalue weighted by atomic mass is 32.1. The van der Waals surface area contributed by atoms with Crippen LogP contribution in [0.2, 0.25) is 0 Å². The van der Waals surface area contributed by atoms with E-state index in [1.807, 2.05) is 30.7 Å². The number of nitrogens with zero attached hydrogens (tertiary/aromatic N) is 4. The Morgan fingerprint density at radius 1 is 0.692 bits per heavy atom. The molecule has 0 atom stereocenters. The van der Waals surface area contributed by atoms with Gasteiger partial charge in [-0.3, -0.25) is 9.97 Å². The van der Waals surface area contributed by atoms with Crippen molar-refractivity contribution in [3.05, 3.63) is 61.1 Å². The van der Waals surface area contributed by atoms with Gasteiger partial charge >= 0.3 is 0 Å². The van der Waals surface area contributed by atoms with Gasteiger partial charge in [-0.1, -0.05) is 18.2 Å². The molecule has 0 amide bonds. The van der Waals surface area contributed by atoms with Crippen molar-refractivity contribution in [2.24, 2.45) is 0 Å². The lowest BCUT2D eigenvalue weighted by Gasteiger charge is -2.00. The highest BCUT2D eigenvalue weighted by molar-refractivity contribution is 7.26. The van der Waals surface area contributed by atoms with Crippen LogP contribution in [0.5, 0.6) is 0 Å². The van der Waals surface area contributed by atoms with Crippen LogP contribution in [0.4, 0.5) is 0 Å². The first-order valence-electron chi connectivity index (χ1n) is 8.14. The summed E-state index contributed by atoms with van der Waals surface area (Å²) >= 11 is 3.48. The molecule has 0 saturated heterocycles. The monoisotopic (exact) mass is 370 g/mol. The molecule has 1 aromatic carbocycles. The van der Waals surface area contributed by atoms with Crippen LogP contribution in [0.3, 0.4) is 0 Å². The Morgan fingerprint density at radius 3 is 2.50 bits per heavy atom. The minimum atomic E-state index is 0.856. The van der Waals surface area contributed by atoms with E-state index in [1.54, 1.807) is 22.7 Å². The average molecular weight is 370 g/mol. The predicted molar refractivity (Wildman–Crippen MR) is 109 cm³/mol. The number of benzene rings is 1. The van der Waals surface area contributed by atoms with Gasteiger partial charge in [0.2, 0.25) is 0 Å². The van der Waals surface area contributed by atoms with E-state index in [4.69, 9.17) is 0 Å². The zero-order valence-electron chi connectivity index (χ0n) is 13.4. The van der Waals surface area contributed by atoms with Gasteiger partial charge < -0.3 is 0 Å². The third kappa shape index (κ3) is 2.00. The maximum atomic E-state index is 4.67. The topological polar surface area (TPSA) is 51.6 Å². The van der Waals surface area contributed by atoms with E-state index in [-0.39, 0.29) is 0 Å². The second-order valence-electron chi connectivity index (χ2n) is 6.09. The molecule has 5 aromatic heterocycles. The van der Waals surface area contributed by atoms with Crippen LogP contribution < -0.4 is 0 Å². The summed E-state index contributed by atoms with van der Waals surface area (Å²) < 4.78 is 4.73. The molecule has 0 aliphatic rings. The van der Waals surface area contributed by atoms with E-state index in [0.29, 0.717) is 0 Å². The van der Waals surface area contributed by atoms with Gasteiger partial charge in [-0.2, -0.15) is 0 Å². The smallest absolute Gasteiger partial charge is 0.112 e. The maximum Gasteiger partial charge on any atom is 0.112 e. The number of hydrogen-bond donors (Lipinski definition) is 0. The molecule has 0 radical (unpaired) electrons. The Morgan fingerprint density at radius 2 is 1.54 bits per heavy atom. The van der Waals surface area contributed by atoms with Crippen LogP contribution in [0.15, 0.2) is 61.1 Å². The lowest BCUT2D eigenvalue weighted by molar-refractivity contribution is 1.09. The zero-order valence-corrected chi connectivity index (χ0v) is 15.0. The molecule has 6 heteroatoms. The first-order chi connectivity index (χ1) is 12.9. The number of thiophene rings is 2. The summed E-state index contributed by atoms with van der Waals surface area (Å²) in [7, 11) is 0. The molecular weight excluding hydrogens is 360 g/mol. The fourth-order valence-corrected chi connectivity index (χ4v) is 5.43. The molecule has 0 N–H and O–H groups in total. The van der Waals surface area contributed by atoms with Gasteiger partial charge in [0.25, 0.3) is 0 Å². The van der Waals surface area contributed by atoms with Crippen molar-refractivity contribution in [3.63, 3.8) is 0 Å². The molecule has 5 heterocycles. The molecule has 0 spiro atoms. The van der Waals surface area contributed by atoms with Crippen LogP contribution >= 0.6 is 22.7 Å². The molecule has 6 aromatic rings. The molecule has 4 nitrogen and oxygen atoms in total. The van der Waals surface area contributed by atoms with Gasteiger partial charge in [-0.15, -0.1) is 32.9 Å². The van der Waals surface area contributed by atoms with Gasteiger partial charge in [0.15, 0.2) is 0 Å². The van der Waals surface area contributed by atoms with Crippen molar-refractivity contribution < 1.29 is 0 Å². The first-order valence-corrected chi connectivity index (χ1v) is 9.78. The Labute approximate surface area is 155 Å². The fourth-order valence-electron chi connectivity index (χ4n) is 3.28. The Balaban J connectivity index is 1.57. The molecule has 0 bridgehead atoms. The molecule has 0 saturated carbocycles. The fraction of sp³-hybridized carbons (Fsp3) is 0. The molecule has 0 unspecified atom stereocenters. The van der Waals surface area contributed by atoms with Gasteiger partial charge in [-0.05, 0) is 24.3 Å². The molecule has 0 aliphatic carbocycles. The van der Waals surface area contributed by atoms with Crippen LogP contribution in [-0.2, 0) is 0 Å². The number of aromatic nitrogens is 4. The maximum absolute atomic E-state index is 4.67. The zero-order chi connectivity index (χ0) is 17.1. The minimum Gasteiger partial charge on any atom is -0.264 e. The summed E-state index contributed by atoms with van der Waals surface area (Å²) in [5.41, 5.74) is 3.81. The van der Waals surface area contributed by atoms with E-state index >= 15 is 0 Å². The third-order valence-electron chi connectivity index (χ3n) is 4.53. The summed E-state index contributed by atoms with van der Waals surface area (Å²) in [6, 6.07) is 14.6. The summed E-state index contributed by atoms with van der Waals surface area (Å²) in [4.78, 5) is 8.89. The molecule has 0 aliphatic heterocycles. The van der Waals surface area contributed by atoms with Crippen molar-refractivity contribution in [1.29, 1.82) is 0 Å². The number of pyridine rings is 2. The normalized spacial score (nSPS) is 11.8. The van der Waals surface area contributed by atoms with Crippen molar-refractivity contribution in [1.82, 2.24) is 20.2 Å². The van der Waals surface area contributed by atoms with Crippen molar-refractivity contribution in [2.75, 3.05) is 0 Å². The summed E-state index contributed by atoms with van der Waals surface area (Å²) in [6.07, 6.45) is 5.58. The highest BCUT2D eigenvalue weighted by Gasteiger charge is 2.12. The van der Waals surface area contributed by atoms with Crippen molar-refractivity contribution >= 4 is 63.3 Å². The van der Waals surface area contributed by atoms with E-state index in [0.717, 1.165) is 42.5 Å². The van der Waals surface area contributed by atoms with Crippen LogP contribution in [0, 0.1) is 0 Å². The highest BCUT2D eigenvalue weighted by Crippen LogP contribution is 2.36. The number of rotatable bonds is 1. The largest absolute Gasteiger partial charge is 0.264 e. The quantitative estimate of drug-likeness (QED) is 0.374. The lowest BCUT2D eigenvalue weighted by atomic mass is 10.1. The Bertz CT molecular complexity index is 1340. The SMILES string of the molecule is c1ccc2c(c1)sc1cc(-c3cnc4c(c3)sc3ccncc34)nnc12. The average Bonchev–Trinajstić information content (AvgIpc) is 3.24. The molecular formula is C20H10N4S2. The van der Waals surface area contributed by atoms with E-state index in [1.165, 1.54) is 9.40 Å². The molecule has 0 fully saturated rings. The van der Waals surface area contributed by atoms with E-state index < -0.39 is 0 Å². The standard InChI is InChI=1S/C20H10N4S2/c1-2-4-15-12(3-1)20-18(25-15)8-14(23-24-20)11-7-17-19(22-9-11)13-10-21-6-5-16(13)26-17/h1-10H. The van der Waals surface area contributed by atoms with Crippen molar-refractivity contribution in [3.8, 4) is 11.3 Å². The summed E-state index contributed by atoms with van der Waals surface area (Å²) in [5, 5.41) is 11.2. The van der Waals surface area contributed by atoms with Crippen LogP contribution in [-0.4, -0.2) is 20.2 Å². The second-order valence-corrected chi connectivity index (χ2v) is 8.25. The van der Waals surface area contributed by atoms with Gasteiger partial charge in [0.1, 0.15) is 5.52 Å². The lowest BCUT2D eigenvalue weighted by Crippen LogP contribution is -1.88. The van der Waals surface area contributed by atoms with Crippen molar-refractivity contribution in [2.45, 2.75) is 0 Å². The molecule has 122 valence electrons. The Hall–Kier alpha value is -2.96. The Kier molecular flexibility index (Phi) is 2.88. The number of hydrogen-bond acceptors (Lipinski definition) is 6. The van der Waals surface area contributed by atoms with Gasteiger partial charge in [-0.25, -0.2) is 0 Å². The molecule has 6 rings (SSSR count). The van der Waals surface area contributed by atoms with Crippen LogP contribution in [0.25, 0.3) is 51.9 Å². The summed E-state index contributed by atoms with van der Waals surface area (Å²) in [6.45, 7) is 0.